The van der Waals surface area contributed by atoms with Crippen molar-refractivity contribution < 1.29 is 28.8 Å². The van der Waals surface area contributed by atoms with Crippen molar-refractivity contribution in [3.05, 3.63) is 124 Å². The van der Waals surface area contributed by atoms with Crippen molar-refractivity contribution in [1.82, 2.24) is 5.32 Å². The van der Waals surface area contributed by atoms with Crippen molar-refractivity contribution in [2.24, 2.45) is 0 Å². The monoisotopic (exact) mass is 612 g/mol. The van der Waals surface area contributed by atoms with Crippen LogP contribution in [0.25, 0.3) is 6.08 Å². The molecule has 0 aliphatic heterocycles. The van der Waals surface area contributed by atoms with Crippen LogP contribution in [0.15, 0.2) is 108 Å². The van der Waals surface area contributed by atoms with Crippen LogP contribution in [0.3, 0.4) is 0 Å². The number of methoxy groups -OCH3 is 2. The minimum absolute atomic E-state index is 0.120. The first kappa shape index (κ1) is 31.3. The smallest absolute Gasteiger partial charge is 0.276 e. The normalized spacial score (nSPS) is 10.8. The number of carbonyl (C=O) groups excluding carboxylic acids is 3. The molecule has 4 aromatic carbocycles. The van der Waals surface area contributed by atoms with Gasteiger partial charge in [-0.15, -0.1) is 11.8 Å². The molecule has 3 N–H and O–H groups in total. The highest BCUT2D eigenvalue weighted by Crippen LogP contribution is 2.29. The maximum absolute atomic E-state index is 13.3. The van der Waals surface area contributed by atoms with Crippen molar-refractivity contribution in [3.8, 4) is 11.5 Å². The Morgan fingerprint density at radius 3 is 2.25 bits per heavy atom. The molecule has 0 radical (unpaired) electrons. The largest absolute Gasteiger partial charge is 0.497 e. The van der Waals surface area contributed by atoms with Gasteiger partial charge in [0.05, 0.1) is 36.1 Å². The van der Waals surface area contributed by atoms with Gasteiger partial charge < -0.3 is 25.4 Å². The van der Waals surface area contributed by atoms with E-state index in [1.54, 1.807) is 86.0 Å². The number of nitrogens with zero attached hydrogens (tertiary/aromatic N) is 1. The third kappa shape index (κ3) is 8.46. The Morgan fingerprint density at radius 2 is 1.57 bits per heavy atom. The Balaban J connectivity index is 1.44. The quantitative estimate of drug-likeness (QED) is 0.0792. The Kier molecular flexibility index (Phi) is 10.7. The fourth-order valence-corrected chi connectivity index (χ4v) is 4.64. The van der Waals surface area contributed by atoms with Gasteiger partial charge in [0.2, 0.25) is 5.91 Å². The third-order valence-corrected chi connectivity index (χ3v) is 7.14. The predicted octanol–water partition coefficient (Wildman–Crippen LogP) is 5.75. The molecule has 0 fully saturated rings. The van der Waals surface area contributed by atoms with Crippen LogP contribution in [0, 0.1) is 10.1 Å². The van der Waals surface area contributed by atoms with Crippen LogP contribution < -0.4 is 25.4 Å². The number of benzene rings is 4. The van der Waals surface area contributed by atoms with E-state index in [9.17, 15) is 24.5 Å². The average Bonchev–Trinajstić information content (AvgIpc) is 3.04. The molecule has 0 saturated carbocycles. The number of thioether (sulfide) groups is 1. The van der Waals surface area contributed by atoms with Gasteiger partial charge in [0, 0.05) is 28.3 Å². The molecule has 0 unspecified atom stereocenters. The van der Waals surface area contributed by atoms with Crippen LogP contribution in [0.1, 0.15) is 15.9 Å². The van der Waals surface area contributed by atoms with E-state index in [1.165, 1.54) is 43.1 Å². The molecule has 0 aromatic heterocycles. The number of hydrogen-bond acceptors (Lipinski definition) is 8. The summed E-state index contributed by atoms with van der Waals surface area (Å²) in [4.78, 5) is 50.4. The summed E-state index contributed by atoms with van der Waals surface area (Å²) < 4.78 is 10.5. The second-order valence-corrected chi connectivity index (χ2v) is 10.1. The molecular formula is C32H28N4O7S. The van der Waals surface area contributed by atoms with Gasteiger partial charge in [0.25, 0.3) is 17.5 Å². The SMILES string of the molecule is COc1ccc(NC(=O)CSc2ccc(NC(=O)/C(=C/c3ccccc3[N+](=O)[O-])NC(=O)c3ccccc3)cc2)c(OC)c1. The van der Waals surface area contributed by atoms with Crippen LogP contribution in [-0.2, 0) is 9.59 Å². The molecule has 0 heterocycles. The highest BCUT2D eigenvalue weighted by molar-refractivity contribution is 8.00. The number of ether oxygens (including phenoxy) is 2. The zero-order valence-electron chi connectivity index (χ0n) is 23.7. The molecule has 3 amide bonds. The summed E-state index contributed by atoms with van der Waals surface area (Å²) in [6.07, 6.45) is 1.26. The van der Waals surface area contributed by atoms with E-state index in [2.05, 4.69) is 16.0 Å². The van der Waals surface area contributed by atoms with E-state index in [1.807, 2.05) is 0 Å². The highest BCUT2D eigenvalue weighted by Gasteiger charge is 2.18. The summed E-state index contributed by atoms with van der Waals surface area (Å²) in [5.41, 5.74) is 0.980. The number of para-hydroxylation sites is 1. The van der Waals surface area contributed by atoms with Gasteiger partial charge in [-0.2, -0.15) is 0 Å². The van der Waals surface area contributed by atoms with E-state index >= 15 is 0 Å². The first-order valence-electron chi connectivity index (χ1n) is 13.1. The van der Waals surface area contributed by atoms with Gasteiger partial charge in [-0.25, -0.2) is 0 Å². The number of anilines is 2. The van der Waals surface area contributed by atoms with E-state index in [-0.39, 0.29) is 28.6 Å². The third-order valence-electron chi connectivity index (χ3n) is 6.13. The molecule has 4 rings (SSSR count). The molecule has 0 saturated heterocycles. The van der Waals surface area contributed by atoms with Gasteiger partial charge in [0.1, 0.15) is 17.2 Å². The lowest BCUT2D eigenvalue weighted by Gasteiger charge is -2.12. The van der Waals surface area contributed by atoms with Gasteiger partial charge in [-0.1, -0.05) is 30.3 Å². The molecule has 0 spiro atoms. The van der Waals surface area contributed by atoms with Crippen LogP contribution in [-0.4, -0.2) is 42.6 Å². The molecule has 11 nitrogen and oxygen atoms in total. The standard InChI is InChI=1S/C32H28N4O7S/c1-42-24-14-17-26(29(19-24)43-2)34-30(37)20-44-25-15-12-23(13-16-25)33-32(39)27(35-31(38)21-8-4-3-5-9-21)18-22-10-6-7-11-28(22)36(40)41/h3-19H,20H2,1-2H3,(H,33,39)(H,34,37)(H,35,38)/b27-18-. The summed E-state index contributed by atoms with van der Waals surface area (Å²) in [6.45, 7) is 0. The molecule has 12 heteroatoms. The van der Waals surface area contributed by atoms with Crippen molar-refractivity contribution in [2.75, 3.05) is 30.6 Å². The molecule has 0 aliphatic carbocycles. The van der Waals surface area contributed by atoms with Crippen LogP contribution in [0.4, 0.5) is 17.1 Å². The van der Waals surface area contributed by atoms with E-state index in [0.29, 0.717) is 28.4 Å². The summed E-state index contributed by atoms with van der Waals surface area (Å²) in [7, 11) is 3.04. The van der Waals surface area contributed by atoms with Crippen molar-refractivity contribution in [2.45, 2.75) is 4.90 Å². The Labute approximate surface area is 257 Å². The molecular weight excluding hydrogens is 584 g/mol. The fourth-order valence-electron chi connectivity index (χ4n) is 3.94. The molecule has 0 bridgehead atoms. The number of rotatable bonds is 12. The van der Waals surface area contributed by atoms with Gasteiger partial charge in [0.15, 0.2) is 0 Å². The number of hydrogen-bond donors (Lipinski definition) is 3. The lowest BCUT2D eigenvalue weighted by atomic mass is 10.1. The summed E-state index contributed by atoms with van der Waals surface area (Å²) in [5, 5.41) is 19.6. The van der Waals surface area contributed by atoms with Crippen molar-refractivity contribution in [3.63, 3.8) is 0 Å². The summed E-state index contributed by atoms with van der Waals surface area (Å²) >= 11 is 1.29. The van der Waals surface area contributed by atoms with Crippen LogP contribution in [0.5, 0.6) is 11.5 Å². The zero-order valence-corrected chi connectivity index (χ0v) is 24.6. The number of nitro benzene ring substituents is 1. The summed E-state index contributed by atoms with van der Waals surface area (Å²) in [5.74, 6) is -0.282. The number of carbonyl (C=O) groups is 3. The van der Waals surface area contributed by atoms with E-state index < -0.39 is 16.7 Å². The lowest BCUT2D eigenvalue weighted by molar-refractivity contribution is -0.385. The minimum atomic E-state index is -0.680. The molecule has 4 aromatic rings. The lowest BCUT2D eigenvalue weighted by Crippen LogP contribution is -2.30. The molecule has 44 heavy (non-hydrogen) atoms. The van der Waals surface area contributed by atoms with E-state index in [0.717, 1.165) is 4.90 Å². The predicted molar refractivity (Wildman–Crippen MR) is 169 cm³/mol. The second-order valence-electron chi connectivity index (χ2n) is 9.08. The average molecular weight is 613 g/mol. The second kappa shape index (κ2) is 15.0. The van der Waals surface area contributed by atoms with Crippen molar-refractivity contribution in [1.29, 1.82) is 0 Å². The first-order valence-corrected chi connectivity index (χ1v) is 14.1. The van der Waals surface area contributed by atoms with Crippen molar-refractivity contribution >= 4 is 52.6 Å². The molecule has 0 aliphatic rings. The Morgan fingerprint density at radius 1 is 0.864 bits per heavy atom. The topological polar surface area (TPSA) is 149 Å². The molecule has 224 valence electrons. The Hall–Kier alpha value is -5.62. The van der Waals surface area contributed by atoms with E-state index in [4.69, 9.17) is 9.47 Å². The minimum Gasteiger partial charge on any atom is -0.497 e. The maximum atomic E-state index is 13.3. The first-order chi connectivity index (χ1) is 21.3. The number of amides is 3. The number of nitro groups is 1. The molecule has 0 atom stereocenters. The summed E-state index contributed by atoms with van der Waals surface area (Å²) in [6, 6.07) is 26.0. The fraction of sp³-hybridized carbons (Fsp3) is 0.0938. The van der Waals surface area contributed by atoms with Gasteiger partial charge in [-0.05, 0) is 60.7 Å². The van der Waals surface area contributed by atoms with Gasteiger partial charge >= 0.3 is 0 Å². The maximum Gasteiger partial charge on any atom is 0.276 e. The number of nitrogens with one attached hydrogen (secondary N) is 3. The Bertz CT molecular complexity index is 1690. The van der Waals surface area contributed by atoms with Crippen LogP contribution in [0.2, 0.25) is 0 Å². The zero-order chi connectivity index (χ0) is 31.5. The van der Waals surface area contributed by atoms with Gasteiger partial charge in [-0.3, -0.25) is 24.5 Å². The van der Waals surface area contributed by atoms with Crippen LogP contribution >= 0.6 is 11.8 Å². The highest BCUT2D eigenvalue weighted by atomic mass is 32.2.